The van der Waals surface area contributed by atoms with Crippen LogP contribution in [-0.2, 0) is 9.59 Å². The molecule has 1 unspecified atom stereocenters. The fraction of sp³-hybridized carbons (Fsp3) is 0.158. The van der Waals surface area contributed by atoms with Crippen LogP contribution >= 0.6 is 0 Å². The van der Waals surface area contributed by atoms with Gasteiger partial charge in [0.15, 0.2) is 0 Å². The van der Waals surface area contributed by atoms with Crippen LogP contribution in [0.5, 0.6) is 0 Å². The fourth-order valence-electron chi connectivity index (χ4n) is 2.21. The van der Waals surface area contributed by atoms with E-state index in [1.165, 1.54) is 0 Å². The molecule has 0 fully saturated rings. The zero-order valence-electron chi connectivity index (χ0n) is 13.8. The Bertz CT molecular complexity index is 790. The van der Waals surface area contributed by atoms with Crippen LogP contribution in [0.25, 0.3) is 0 Å². The van der Waals surface area contributed by atoms with Gasteiger partial charge >= 0.3 is 5.97 Å². The van der Waals surface area contributed by atoms with Gasteiger partial charge in [0.25, 0.3) is 11.8 Å². The highest BCUT2D eigenvalue weighted by molar-refractivity contribution is 6.04. The molecule has 2 aromatic carbocycles. The van der Waals surface area contributed by atoms with Crippen LogP contribution in [0, 0.1) is 0 Å². The summed E-state index contributed by atoms with van der Waals surface area (Å²) in [5.74, 6) is -2.97. The van der Waals surface area contributed by atoms with Gasteiger partial charge in [-0.3, -0.25) is 19.7 Å². The molecule has 0 radical (unpaired) electrons. The topological polar surface area (TPSA) is 113 Å². The van der Waals surface area contributed by atoms with Crippen molar-refractivity contribution in [1.82, 2.24) is 10.6 Å². The number of carboxylic acid groups (broad SMARTS) is 1. The predicted molar refractivity (Wildman–Crippen MR) is 93.5 cm³/mol. The Morgan fingerprint density at radius 3 is 1.81 bits per heavy atom. The number of imide groups is 1. The zero-order chi connectivity index (χ0) is 18.9. The molecule has 2 rings (SSSR count). The van der Waals surface area contributed by atoms with Crippen molar-refractivity contribution in [2.45, 2.75) is 18.9 Å². The molecule has 0 aliphatic rings. The van der Waals surface area contributed by atoms with Gasteiger partial charge < -0.3 is 10.4 Å². The minimum Gasteiger partial charge on any atom is -0.480 e. The van der Waals surface area contributed by atoms with E-state index < -0.39 is 29.7 Å². The number of amides is 3. The summed E-state index contributed by atoms with van der Waals surface area (Å²) in [5.41, 5.74) is 0.649. The van der Waals surface area contributed by atoms with Crippen LogP contribution in [-0.4, -0.2) is 34.8 Å². The molecular formula is C19H18N2O5. The lowest BCUT2D eigenvalue weighted by atomic mass is 10.1. The number of carbonyl (C=O) groups excluding carboxylic acids is 3. The second-order valence-corrected chi connectivity index (χ2v) is 5.51. The number of benzene rings is 2. The Hall–Kier alpha value is -3.48. The molecule has 7 nitrogen and oxygen atoms in total. The molecule has 0 heterocycles. The van der Waals surface area contributed by atoms with Crippen LogP contribution in [0.4, 0.5) is 0 Å². The highest BCUT2D eigenvalue weighted by Crippen LogP contribution is 2.04. The van der Waals surface area contributed by atoms with Gasteiger partial charge in [0.2, 0.25) is 5.91 Å². The van der Waals surface area contributed by atoms with E-state index in [0.29, 0.717) is 11.1 Å². The summed E-state index contributed by atoms with van der Waals surface area (Å²) in [6.07, 6.45) is -0.355. The first-order valence-corrected chi connectivity index (χ1v) is 7.95. The molecule has 7 heteroatoms. The Kier molecular flexibility index (Phi) is 6.61. The second kappa shape index (κ2) is 9.12. The highest BCUT2D eigenvalue weighted by Gasteiger charge is 2.22. The van der Waals surface area contributed by atoms with Crippen LogP contribution in [0.15, 0.2) is 60.7 Å². The van der Waals surface area contributed by atoms with Crippen molar-refractivity contribution >= 4 is 23.7 Å². The molecule has 0 bridgehead atoms. The van der Waals surface area contributed by atoms with E-state index in [9.17, 15) is 24.3 Å². The third kappa shape index (κ3) is 5.55. The van der Waals surface area contributed by atoms with Crippen molar-refractivity contribution in [2.75, 3.05) is 0 Å². The van der Waals surface area contributed by atoms with Gasteiger partial charge in [-0.2, -0.15) is 0 Å². The summed E-state index contributed by atoms with van der Waals surface area (Å²) in [4.78, 5) is 47.1. The minimum absolute atomic E-state index is 0.137. The van der Waals surface area contributed by atoms with Crippen molar-refractivity contribution in [3.8, 4) is 0 Å². The Morgan fingerprint density at radius 2 is 1.31 bits per heavy atom. The van der Waals surface area contributed by atoms with Crippen molar-refractivity contribution in [3.05, 3.63) is 71.8 Å². The van der Waals surface area contributed by atoms with Crippen molar-refractivity contribution in [1.29, 1.82) is 0 Å². The van der Waals surface area contributed by atoms with Gasteiger partial charge in [0, 0.05) is 17.5 Å². The molecule has 2 aromatic rings. The molecule has 26 heavy (non-hydrogen) atoms. The molecular weight excluding hydrogens is 336 g/mol. The molecule has 0 aliphatic heterocycles. The fourth-order valence-corrected chi connectivity index (χ4v) is 2.21. The summed E-state index contributed by atoms with van der Waals surface area (Å²) in [7, 11) is 0. The normalized spacial score (nSPS) is 11.2. The highest BCUT2D eigenvalue weighted by atomic mass is 16.4. The van der Waals surface area contributed by atoms with Gasteiger partial charge in [-0.05, 0) is 30.7 Å². The molecule has 0 spiro atoms. The smallest absolute Gasteiger partial charge is 0.326 e. The quantitative estimate of drug-likeness (QED) is 0.699. The molecule has 0 saturated carbocycles. The number of aliphatic carboxylic acids is 1. The van der Waals surface area contributed by atoms with Crippen molar-refractivity contribution in [2.24, 2.45) is 0 Å². The SMILES string of the molecule is O=C(CCC(NC(=O)c1ccccc1)C(=O)O)NC(=O)c1ccccc1. The summed E-state index contributed by atoms with van der Waals surface area (Å²) in [6.45, 7) is 0. The molecule has 3 amide bonds. The van der Waals surface area contributed by atoms with Gasteiger partial charge in [-0.1, -0.05) is 36.4 Å². The van der Waals surface area contributed by atoms with Crippen molar-refractivity contribution < 1.29 is 24.3 Å². The predicted octanol–water partition coefficient (Wildman–Crippen LogP) is 1.61. The first-order chi connectivity index (χ1) is 12.5. The van der Waals surface area contributed by atoms with Crippen molar-refractivity contribution in [3.63, 3.8) is 0 Å². The van der Waals surface area contributed by atoms with E-state index in [2.05, 4.69) is 10.6 Å². The average Bonchev–Trinajstić information content (AvgIpc) is 2.66. The van der Waals surface area contributed by atoms with Gasteiger partial charge in [-0.25, -0.2) is 4.79 Å². The minimum atomic E-state index is -1.25. The van der Waals surface area contributed by atoms with E-state index >= 15 is 0 Å². The standard InChI is InChI=1S/C19H18N2O5/c22-16(21-18(24)14-9-5-2-6-10-14)12-11-15(19(25)26)20-17(23)13-7-3-1-4-8-13/h1-10,15H,11-12H2,(H,20,23)(H,25,26)(H,21,22,24). The number of hydrogen-bond acceptors (Lipinski definition) is 4. The van der Waals surface area contributed by atoms with Crippen LogP contribution in [0.1, 0.15) is 33.6 Å². The third-order valence-corrected chi connectivity index (χ3v) is 3.59. The number of nitrogens with one attached hydrogen (secondary N) is 2. The lowest BCUT2D eigenvalue weighted by molar-refractivity contribution is -0.139. The Morgan fingerprint density at radius 1 is 0.808 bits per heavy atom. The van der Waals surface area contributed by atoms with E-state index in [0.717, 1.165) is 0 Å². The van der Waals surface area contributed by atoms with Crippen LogP contribution < -0.4 is 10.6 Å². The summed E-state index contributed by atoms with van der Waals surface area (Å²) in [6, 6.07) is 15.1. The molecule has 1 atom stereocenters. The lowest BCUT2D eigenvalue weighted by Gasteiger charge is -2.14. The Labute approximate surface area is 150 Å². The van der Waals surface area contributed by atoms with E-state index in [1.54, 1.807) is 60.7 Å². The average molecular weight is 354 g/mol. The number of carboxylic acids is 1. The number of rotatable bonds is 7. The molecule has 0 saturated heterocycles. The van der Waals surface area contributed by atoms with Gasteiger partial charge in [0.05, 0.1) is 0 Å². The maximum Gasteiger partial charge on any atom is 0.326 e. The Balaban J connectivity index is 1.88. The largest absolute Gasteiger partial charge is 0.480 e. The maximum atomic E-state index is 12.0. The van der Waals surface area contributed by atoms with Crippen LogP contribution in [0.2, 0.25) is 0 Å². The first-order valence-electron chi connectivity index (χ1n) is 7.95. The monoisotopic (exact) mass is 354 g/mol. The lowest BCUT2D eigenvalue weighted by Crippen LogP contribution is -2.42. The molecule has 0 aliphatic carbocycles. The van der Waals surface area contributed by atoms with E-state index in [1.807, 2.05) is 0 Å². The zero-order valence-corrected chi connectivity index (χ0v) is 13.8. The van der Waals surface area contributed by atoms with E-state index in [4.69, 9.17) is 0 Å². The maximum absolute atomic E-state index is 12.0. The first kappa shape index (κ1) is 18.9. The number of carbonyl (C=O) groups is 4. The third-order valence-electron chi connectivity index (χ3n) is 3.59. The van der Waals surface area contributed by atoms with E-state index in [-0.39, 0.29) is 12.8 Å². The van der Waals surface area contributed by atoms with Gasteiger partial charge in [0.1, 0.15) is 6.04 Å². The molecule has 3 N–H and O–H groups in total. The summed E-state index contributed by atoms with van der Waals surface area (Å²) >= 11 is 0. The van der Waals surface area contributed by atoms with Gasteiger partial charge in [-0.15, -0.1) is 0 Å². The second-order valence-electron chi connectivity index (χ2n) is 5.51. The molecule has 0 aromatic heterocycles. The number of hydrogen-bond donors (Lipinski definition) is 3. The summed E-state index contributed by atoms with van der Waals surface area (Å²) in [5, 5.41) is 13.8. The van der Waals surface area contributed by atoms with Crippen LogP contribution in [0.3, 0.4) is 0 Å². The molecule has 134 valence electrons. The summed E-state index contributed by atoms with van der Waals surface area (Å²) < 4.78 is 0.